The van der Waals surface area contributed by atoms with Crippen molar-refractivity contribution in [3.63, 3.8) is 0 Å². The highest BCUT2D eigenvalue weighted by molar-refractivity contribution is 5.55. The Morgan fingerprint density at radius 3 is 3.05 bits per heavy atom. The molecule has 4 nitrogen and oxygen atoms in total. The zero-order valence-corrected chi connectivity index (χ0v) is 10.8. The molecule has 2 heterocycles. The maximum atomic E-state index is 13.5. The lowest BCUT2D eigenvalue weighted by atomic mass is 10.00. The van der Waals surface area contributed by atoms with Crippen molar-refractivity contribution in [2.24, 2.45) is 0 Å². The van der Waals surface area contributed by atoms with E-state index in [9.17, 15) is 4.39 Å². The molecule has 1 aromatic heterocycles. The van der Waals surface area contributed by atoms with E-state index < -0.39 is 0 Å². The van der Waals surface area contributed by atoms with Crippen LogP contribution in [-0.2, 0) is 0 Å². The lowest BCUT2D eigenvalue weighted by Crippen LogP contribution is -2.28. The van der Waals surface area contributed by atoms with Gasteiger partial charge in [-0.2, -0.15) is 4.98 Å². The minimum absolute atomic E-state index is 0.247. The molecule has 1 atom stereocenters. The molecular formula is C14H16FN3O. The van der Waals surface area contributed by atoms with Gasteiger partial charge in [0.1, 0.15) is 5.82 Å². The lowest BCUT2D eigenvalue weighted by molar-refractivity contribution is 0.322. The van der Waals surface area contributed by atoms with E-state index in [1.54, 1.807) is 13.0 Å². The van der Waals surface area contributed by atoms with Gasteiger partial charge in [-0.3, -0.25) is 0 Å². The molecule has 3 rings (SSSR count). The van der Waals surface area contributed by atoms with E-state index in [2.05, 4.69) is 15.5 Å². The van der Waals surface area contributed by atoms with Crippen molar-refractivity contribution in [3.05, 3.63) is 35.5 Å². The van der Waals surface area contributed by atoms with Crippen LogP contribution in [0, 0.1) is 12.7 Å². The molecule has 0 saturated carbocycles. The van der Waals surface area contributed by atoms with Crippen LogP contribution in [0.15, 0.2) is 22.7 Å². The van der Waals surface area contributed by atoms with Gasteiger partial charge >= 0.3 is 0 Å². The van der Waals surface area contributed by atoms with Crippen molar-refractivity contribution in [3.8, 4) is 11.4 Å². The average molecular weight is 261 g/mol. The molecule has 1 saturated heterocycles. The van der Waals surface area contributed by atoms with E-state index in [1.165, 1.54) is 6.07 Å². The second-order valence-electron chi connectivity index (χ2n) is 4.96. The molecule has 2 aromatic rings. The number of piperidine rings is 1. The number of aromatic nitrogens is 2. The number of rotatable bonds is 2. The maximum Gasteiger partial charge on any atom is 0.231 e. The highest BCUT2D eigenvalue weighted by atomic mass is 19.1. The van der Waals surface area contributed by atoms with Gasteiger partial charge in [-0.05, 0) is 37.9 Å². The summed E-state index contributed by atoms with van der Waals surface area (Å²) in [5.74, 6) is 1.12. The van der Waals surface area contributed by atoms with Gasteiger partial charge in [0, 0.05) is 12.1 Å². The molecule has 19 heavy (non-hydrogen) atoms. The fourth-order valence-corrected chi connectivity index (χ4v) is 2.31. The average Bonchev–Trinajstić information content (AvgIpc) is 2.93. The minimum atomic E-state index is -0.247. The second kappa shape index (κ2) is 5.09. The Morgan fingerprint density at radius 2 is 2.32 bits per heavy atom. The first-order chi connectivity index (χ1) is 9.24. The first kappa shape index (κ1) is 12.3. The Kier molecular flexibility index (Phi) is 3.29. The third-order valence-electron chi connectivity index (χ3n) is 3.52. The highest BCUT2D eigenvalue weighted by Gasteiger charge is 2.21. The number of hydrogen-bond donors (Lipinski definition) is 1. The van der Waals surface area contributed by atoms with Crippen LogP contribution in [0.25, 0.3) is 11.4 Å². The molecule has 0 unspecified atom stereocenters. The van der Waals surface area contributed by atoms with E-state index in [0.29, 0.717) is 22.8 Å². The minimum Gasteiger partial charge on any atom is -0.339 e. The van der Waals surface area contributed by atoms with Crippen LogP contribution in [0.4, 0.5) is 4.39 Å². The van der Waals surface area contributed by atoms with Gasteiger partial charge in [0.2, 0.25) is 11.7 Å². The SMILES string of the molecule is Cc1ccc(-c2noc([C@@H]3CCCNC3)n2)cc1F. The highest BCUT2D eigenvalue weighted by Crippen LogP contribution is 2.25. The molecule has 0 bridgehead atoms. The van der Waals surface area contributed by atoms with Gasteiger partial charge in [-0.15, -0.1) is 0 Å². The number of nitrogens with zero attached hydrogens (tertiary/aromatic N) is 2. The Labute approximate surface area is 111 Å². The summed E-state index contributed by atoms with van der Waals surface area (Å²) in [6, 6.07) is 4.98. The lowest BCUT2D eigenvalue weighted by Gasteiger charge is -2.18. The summed E-state index contributed by atoms with van der Waals surface area (Å²) < 4.78 is 18.8. The topological polar surface area (TPSA) is 51.0 Å². The monoisotopic (exact) mass is 261 g/mol. The summed E-state index contributed by atoms with van der Waals surface area (Å²) in [7, 11) is 0. The Bertz CT molecular complexity index is 576. The molecule has 0 amide bonds. The van der Waals surface area contributed by atoms with E-state index in [-0.39, 0.29) is 11.7 Å². The van der Waals surface area contributed by atoms with E-state index >= 15 is 0 Å². The molecule has 0 spiro atoms. The number of nitrogens with one attached hydrogen (secondary N) is 1. The summed E-state index contributed by atoms with van der Waals surface area (Å²) in [4.78, 5) is 4.39. The number of benzene rings is 1. The standard InChI is InChI=1S/C14H16FN3O/c1-9-4-5-10(7-12(9)15)13-17-14(19-18-13)11-3-2-6-16-8-11/h4-5,7,11,16H,2-3,6,8H2,1H3/t11-/m1/s1. The van der Waals surface area contributed by atoms with Crippen LogP contribution in [0.1, 0.15) is 30.2 Å². The number of halogens is 1. The summed E-state index contributed by atoms with van der Waals surface area (Å²) in [5, 5.41) is 7.26. The van der Waals surface area contributed by atoms with E-state index in [1.807, 2.05) is 6.07 Å². The molecule has 0 radical (unpaired) electrons. The van der Waals surface area contributed by atoms with Crippen LogP contribution in [0.3, 0.4) is 0 Å². The maximum absolute atomic E-state index is 13.5. The Hall–Kier alpha value is -1.75. The molecule has 1 aliphatic rings. The fraction of sp³-hybridized carbons (Fsp3) is 0.429. The van der Waals surface area contributed by atoms with Crippen molar-refractivity contribution in [1.29, 1.82) is 0 Å². The van der Waals surface area contributed by atoms with E-state index in [0.717, 1.165) is 25.9 Å². The molecule has 1 N–H and O–H groups in total. The van der Waals surface area contributed by atoms with Crippen LogP contribution in [-0.4, -0.2) is 23.2 Å². The first-order valence-electron chi connectivity index (χ1n) is 6.55. The van der Waals surface area contributed by atoms with Crippen LogP contribution >= 0.6 is 0 Å². The molecule has 5 heteroatoms. The van der Waals surface area contributed by atoms with E-state index in [4.69, 9.17) is 4.52 Å². The molecule has 1 aromatic carbocycles. The first-order valence-corrected chi connectivity index (χ1v) is 6.55. The number of hydrogen-bond acceptors (Lipinski definition) is 4. The van der Waals surface area contributed by atoms with Crippen molar-refractivity contribution >= 4 is 0 Å². The largest absolute Gasteiger partial charge is 0.339 e. The van der Waals surface area contributed by atoms with Crippen LogP contribution in [0.5, 0.6) is 0 Å². The zero-order chi connectivity index (χ0) is 13.2. The van der Waals surface area contributed by atoms with Gasteiger partial charge in [0.15, 0.2) is 0 Å². The smallest absolute Gasteiger partial charge is 0.231 e. The van der Waals surface area contributed by atoms with Gasteiger partial charge < -0.3 is 9.84 Å². The third kappa shape index (κ3) is 2.51. The predicted octanol–water partition coefficient (Wildman–Crippen LogP) is 2.65. The summed E-state index contributed by atoms with van der Waals surface area (Å²) in [5.41, 5.74) is 1.27. The van der Waals surface area contributed by atoms with Gasteiger partial charge in [0.25, 0.3) is 0 Å². The molecule has 1 aliphatic heterocycles. The third-order valence-corrected chi connectivity index (χ3v) is 3.52. The van der Waals surface area contributed by atoms with Gasteiger partial charge in [-0.1, -0.05) is 17.3 Å². The zero-order valence-electron chi connectivity index (χ0n) is 10.8. The van der Waals surface area contributed by atoms with Crippen LogP contribution < -0.4 is 5.32 Å². The Balaban J connectivity index is 1.85. The van der Waals surface area contributed by atoms with Crippen molar-refractivity contribution in [2.45, 2.75) is 25.7 Å². The summed E-state index contributed by atoms with van der Waals surface area (Å²) >= 11 is 0. The fourth-order valence-electron chi connectivity index (χ4n) is 2.31. The normalized spacial score (nSPS) is 19.6. The molecule has 0 aliphatic carbocycles. The summed E-state index contributed by atoms with van der Waals surface area (Å²) in [6.45, 7) is 3.64. The molecular weight excluding hydrogens is 245 g/mol. The Morgan fingerprint density at radius 1 is 1.42 bits per heavy atom. The molecule has 1 fully saturated rings. The second-order valence-corrected chi connectivity index (χ2v) is 4.96. The molecule has 100 valence electrons. The number of aryl methyl sites for hydroxylation is 1. The quantitative estimate of drug-likeness (QED) is 0.903. The van der Waals surface area contributed by atoms with Gasteiger partial charge in [0.05, 0.1) is 5.92 Å². The van der Waals surface area contributed by atoms with Crippen molar-refractivity contribution < 1.29 is 8.91 Å². The van der Waals surface area contributed by atoms with Crippen molar-refractivity contribution in [2.75, 3.05) is 13.1 Å². The predicted molar refractivity (Wildman–Crippen MR) is 69.3 cm³/mol. The van der Waals surface area contributed by atoms with Crippen LogP contribution in [0.2, 0.25) is 0 Å². The van der Waals surface area contributed by atoms with Gasteiger partial charge in [-0.25, -0.2) is 4.39 Å². The van der Waals surface area contributed by atoms with Crippen molar-refractivity contribution in [1.82, 2.24) is 15.5 Å². The summed E-state index contributed by atoms with van der Waals surface area (Å²) in [6.07, 6.45) is 2.17.